The molecule has 0 atom stereocenters. The van der Waals surface area contributed by atoms with Crippen molar-refractivity contribution >= 4 is 11.6 Å². The number of hydrogen-bond donors (Lipinski definition) is 0. The average Bonchev–Trinajstić information content (AvgIpc) is 2.30. The minimum Gasteiger partial charge on any atom is -0.207 e. The molecule has 0 aliphatic rings. The van der Waals surface area contributed by atoms with Gasteiger partial charge < -0.3 is 0 Å². The number of hydrogen-bond acceptors (Lipinski definition) is 2. The number of rotatable bonds is 0. The van der Waals surface area contributed by atoms with Crippen LogP contribution in [0.5, 0.6) is 0 Å². The van der Waals surface area contributed by atoms with Gasteiger partial charge in [-0.2, -0.15) is 5.10 Å². The molecule has 0 N–H and O–H groups in total. The first-order valence-corrected chi connectivity index (χ1v) is 4.88. The van der Waals surface area contributed by atoms with E-state index in [2.05, 4.69) is 22.0 Å². The van der Waals surface area contributed by atoms with E-state index in [0.717, 1.165) is 0 Å². The molecule has 78 valence electrons. The Morgan fingerprint density at radius 2 is 1.81 bits per heavy atom. The number of halogens is 2. The third-order valence-electron chi connectivity index (χ3n) is 1.86. The third kappa shape index (κ3) is 2.56. The maximum absolute atomic E-state index is 12.6. The van der Waals surface area contributed by atoms with Crippen LogP contribution in [0.15, 0.2) is 36.5 Å². The topological polar surface area (TPSA) is 25.8 Å². The van der Waals surface area contributed by atoms with Crippen molar-refractivity contribution in [1.29, 1.82) is 0 Å². The first kappa shape index (κ1) is 10.6. The van der Waals surface area contributed by atoms with E-state index < -0.39 is 0 Å². The summed E-state index contributed by atoms with van der Waals surface area (Å²) in [6.45, 7) is 0. The minimum absolute atomic E-state index is 0.261. The summed E-state index contributed by atoms with van der Waals surface area (Å²) in [5.41, 5.74) is 1.32. The molecule has 0 spiro atoms. The number of benzene rings is 1. The second-order valence-corrected chi connectivity index (χ2v) is 3.35. The van der Waals surface area contributed by atoms with E-state index in [0.29, 0.717) is 11.1 Å². The zero-order valence-electron chi connectivity index (χ0n) is 8.11. The lowest BCUT2D eigenvalue weighted by atomic mass is 10.2. The van der Waals surface area contributed by atoms with Crippen LogP contribution in [0.25, 0.3) is 0 Å². The molecule has 4 heteroatoms. The average molecular weight is 233 g/mol. The summed E-state index contributed by atoms with van der Waals surface area (Å²) in [4.78, 5) is 0. The highest BCUT2D eigenvalue weighted by molar-refractivity contribution is 6.30. The molecule has 2 nitrogen and oxygen atoms in total. The van der Waals surface area contributed by atoms with E-state index in [-0.39, 0.29) is 11.0 Å². The normalized spacial score (nSPS) is 9.38. The Balaban J connectivity index is 2.29. The van der Waals surface area contributed by atoms with Crippen molar-refractivity contribution in [1.82, 2.24) is 10.2 Å². The summed E-state index contributed by atoms with van der Waals surface area (Å²) in [5, 5.41) is 7.53. The predicted octanol–water partition coefficient (Wildman–Crippen LogP) is 2.67. The van der Waals surface area contributed by atoms with Gasteiger partial charge in [-0.25, -0.2) is 4.39 Å². The Labute approximate surface area is 97.1 Å². The highest BCUT2D eigenvalue weighted by Crippen LogP contribution is 2.08. The third-order valence-corrected chi connectivity index (χ3v) is 2.14. The molecule has 1 aromatic carbocycles. The van der Waals surface area contributed by atoms with Crippen LogP contribution in [-0.4, -0.2) is 10.2 Å². The van der Waals surface area contributed by atoms with Crippen LogP contribution in [0.4, 0.5) is 4.39 Å². The predicted molar refractivity (Wildman–Crippen MR) is 59.4 cm³/mol. The van der Waals surface area contributed by atoms with Gasteiger partial charge in [-0.15, -0.1) is 5.10 Å². The maximum Gasteiger partial charge on any atom is 0.167 e. The van der Waals surface area contributed by atoms with Crippen molar-refractivity contribution in [2.45, 2.75) is 0 Å². The van der Waals surface area contributed by atoms with Gasteiger partial charge in [0.2, 0.25) is 0 Å². The second kappa shape index (κ2) is 4.73. The second-order valence-electron chi connectivity index (χ2n) is 2.99. The van der Waals surface area contributed by atoms with Crippen LogP contribution in [-0.2, 0) is 0 Å². The van der Waals surface area contributed by atoms with Crippen molar-refractivity contribution in [3.05, 3.63) is 58.6 Å². The van der Waals surface area contributed by atoms with Gasteiger partial charge in [-0.1, -0.05) is 23.4 Å². The lowest BCUT2D eigenvalue weighted by molar-refractivity contribution is 0.627. The molecule has 1 aromatic heterocycles. The molecule has 0 radical (unpaired) electrons. The van der Waals surface area contributed by atoms with E-state index in [1.165, 1.54) is 18.3 Å². The summed E-state index contributed by atoms with van der Waals surface area (Å²) in [6, 6.07) is 7.59. The zero-order chi connectivity index (χ0) is 11.4. The van der Waals surface area contributed by atoms with Gasteiger partial charge in [-0.05, 0) is 30.3 Å². The first-order valence-electron chi connectivity index (χ1n) is 4.50. The summed E-state index contributed by atoms with van der Waals surface area (Å²) in [6.07, 6.45) is 1.51. The SMILES string of the molecule is Fc1ccc(C#Cc2ccnnc2Cl)cc1. The standard InChI is InChI=1S/C12H6ClFN2/c13-12-10(7-8-15-16-12)4-1-9-2-5-11(14)6-3-9/h2-3,5-8H. The molecular weight excluding hydrogens is 227 g/mol. The number of aromatic nitrogens is 2. The largest absolute Gasteiger partial charge is 0.207 e. The van der Waals surface area contributed by atoms with Crippen molar-refractivity contribution in [2.24, 2.45) is 0 Å². The molecule has 0 aliphatic carbocycles. The molecule has 0 saturated carbocycles. The van der Waals surface area contributed by atoms with Crippen LogP contribution in [0.1, 0.15) is 11.1 Å². The molecule has 2 aromatic rings. The van der Waals surface area contributed by atoms with Gasteiger partial charge in [-0.3, -0.25) is 0 Å². The lowest BCUT2D eigenvalue weighted by Crippen LogP contribution is -1.85. The molecule has 16 heavy (non-hydrogen) atoms. The monoisotopic (exact) mass is 232 g/mol. The Hall–Kier alpha value is -1.92. The van der Waals surface area contributed by atoms with Crippen LogP contribution in [0.2, 0.25) is 5.15 Å². The highest BCUT2D eigenvalue weighted by Gasteiger charge is 1.96. The van der Waals surface area contributed by atoms with Crippen LogP contribution in [0, 0.1) is 17.7 Å². The lowest BCUT2D eigenvalue weighted by Gasteiger charge is -1.91. The van der Waals surface area contributed by atoms with Crippen LogP contribution < -0.4 is 0 Å². The van der Waals surface area contributed by atoms with Crippen molar-refractivity contribution in [3.8, 4) is 11.8 Å². The Kier molecular flexibility index (Phi) is 3.13. The van der Waals surface area contributed by atoms with Gasteiger partial charge in [0, 0.05) is 5.56 Å². The molecule has 0 aliphatic heterocycles. The molecule has 0 saturated heterocycles. The van der Waals surface area contributed by atoms with E-state index in [1.54, 1.807) is 18.2 Å². The van der Waals surface area contributed by atoms with Crippen molar-refractivity contribution in [3.63, 3.8) is 0 Å². The molecule has 0 bridgehead atoms. The van der Waals surface area contributed by atoms with Gasteiger partial charge >= 0.3 is 0 Å². The smallest absolute Gasteiger partial charge is 0.167 e. The molecule has 0 amide bonds. The van der Waals surface area contributed by atoms with Gasteiger partial charge in [0.05, 0.1) is 11.8 Å². The fraction of sp³-hybridized carbons (Fsp3) is 0. The molecule has 2 rings (SSSR count). The van der Waals surface area contributed by atoms with Crippen LogP contribution in [0.3, 0.4) is 0 Å². The summed E-state index contributed by atoms with van der Waals surface area (Å²) < 4.78 is 12.6. The van der Waals surface area contributed by atoms with E-state index in [1.807, 2.05) is 0 Å². The maximum atomic E-state index is 12.6. The molecule has 0 fully saturated rings. The van der Waals surface area contributed by atoms with E-state index in [4.69, 9.17) is 11.6 Å². The van der Waals surface area contributed by atoms with Crippen molar-refractivity contribution in [2.75, 3.05) is 0 Å². The van der Waals surface area contributed by atoms with Gasteiger partial charge in [0.1, 0.15) is 5.82 Å². The Bertz CT molecular complexity index is 555. The summed E-state index contributed by atoms with van der Waals surface area (Å²) in [7, 11) is 0. The Morgan fingerprint density at radius 1 is 1.06 bits per heavy atom. The molecule has 1 heterocycles. The van der Waals surface area contributed by atoms with E-state index in [9.17, 15) is 4.39 Å². The minimum atomic E-state index is -0.283. The quantitative estimate of drug-likeness (QED) is 0.653. The highest BCUT2D eigenvalue weighted by atomic mass is 35.5. The van der Waals surface area contributed by atoms with E-state index >= 15 is 0 Å². The van der Waals surface area contributed by atoms with Gasteiger partial charge in [0.15, 0.2) is 5.15 Å². The molecular formula is C12H6ClFN2. The Morgan fingerprint density at radius 3 is 2.50 bits per heavy atom. The zero-order valence-corrected chi connectivity index (χ0v) is 8.87. The fourth-order valence-corrected chi connectivity index (χ4v) is 1.23. The summed E-state index contributed by atoms with van der Waals surface area (Å²) in [5.74, 6) is 5.42. The first-order chi connectivity index (χ1) is 7.75. The molecule has 0 unspecified atom stereocenters. The van der Waals surface area contributed by atoms with Gasteiger partial charge in [0.25, 0.3) is 0 Å². The van der Waals surface area contributed by atoms with Crippen molar-refractivity contribution < 1.29 is 4.39 Å². The summed E-state index contributed by atoms with van der Waals surface area (Å²) >= 11 is 5.78. The van der Waals surface area contributed by atoms with Crippen LogP contribution >= 0.6 is 11.6 Å². The number of nitrogens with zero attached hydrogens (tertiary/aromatic N) is 2. The fourth-order valence-electron chi connectivity index (χ4n) is 1.08.